The molecule has 114 valence electrons. The molecule has 0 radical (unpaired) electrons. The number of rotatable bonds is 3. The quantitative estimate of drug-likeness (QED) is 0.665. The Morgan fingerprint density at radius 1 is 1.24 bits per heavy atom. The minimum Gasteiger partial charge on any atom is -0.452 e. The summed E-state index contributed by atoms with van der Waals surface area (Å²) >= 11 is 0. The summed E-state index contributed by atoms with van der Waals surface area (Å²) in [5.74, 6) is -0.737. The smallest absolute Gasteiger partial charge is 0.338 e. The maximum Gasteiger partial charge on any atom is 0.338 e. The number of ether oxygens (including phenoxy) is 2. The van der Waals surface area contributed by atoms with Crippen LogP contribution < -0.4 is 5.73 Å². The van der Waals surface area contributed by atoms with Gasteiger partial charge in [-0.2, -0.15) is 0 Å². The average Bonchev–Trinajstić information content (AvgIpc) is 2.44. The molecule has 0 unspecified atom stereocenters. The SMILES string of the molecule is C[C@@H]1CN(C(=O)COC(=O)c2ccc(N)cc2)C[C@H](C)O1. The molecular formula is C15H20N2O4. The Kier molecular flexibility index (Phi) is 4.80. The highest BCUT2D eigenvalue weighted by atomic mass is 16.5. The third-order valence-corrected chi connectivity index (χ3v) is 3.25. The molecule has 21 heavy (non-hydrogen) atoms. The van der Waals surface area contributed by atoms with Crippen LogP contribution >= 0.6 is 0 Å². The molecule has 0 aliphatic carbocycles. The van der Waals surface area contributed by atoms with E-state index in [0.717, 1.165) is 0 Å². The van der Waals surface area contributed by atoms with Gasteiger partial charge in [-0.3, -0.25) is 4.79 Å². The third kappa shape index (κ3) is 4.19. The van der Waals surface area contributed by atoms with Gasteiger partial charge in [0.15, 0.2) is 6.61 Å². The summed E-state index contributed by atoms with van der Waals surface area (Å²) in [6, 6.07) is 6.37. The number of amides is 1. The van der Waals surface area contributed by atoms with Gasteiger partial charge in [0.1, 0.15) is 0 Å². The number of nitrogen functional groups attached to an aromatic ring is 1. The summed E-state index contributed by atoms with van der Waals surface area (Å²) in [6.07, 6.45) is -0.0176. The summed E-state index contributed by atoms with van der Waals surface area (Å²) in [6.45, 7) is 4.60. The molecule has 1 aromatic carbocycles. The maximum atomic E-state index is 12.1. The first-order valence-electron chi connectivity index (χ1n) is 6.91. The van der Waals surface area contributed by atoms with Crippen LogP contribution in [0.3, 0.4) is 0 Å². The molecule has 0 aromatic heterocycles. The van der Waals surface area contributed by atoms with Crippen molar-refractivity contribution in [2.75, 3.05) is 25.4 Å². The average molecular weight is 292 g/mol. The molecule has 6 heteroatoms. The number of carbonyl (C=O) groups is 2. The van der Waals surface area contributed by atoms with Crippen LogP contribution in [0.4, 0.5) is 5.69 Å². The van der Waals surface area contributed by atoms with Gasteiger partial charge < -0.3 is 20.1 Å². The number of esters is 1. The van der Waals surface area contributed by atoms with Crippen molar-refractivity contribution < 1.29 is 19.1 Å². The number of anilines is 1. The van der Waals surface area contributed by atoms with E-state index in [-0.39, 0.29) is 24.7 Å². The summed E-state index contributed by atoms with van der Waals surface area (Å²) in [7, 11) is 0. The lowest BCUT2D eigenvalue weighted by Crippen LogP contribution is -2.49. The Hall–Kier alpha value is -2.08. The van der Waals surface area contributed by atoms with E-state index in [0.29, 0.717) is 24.3 Å². The molecule has 2 rings (SSSR count). The molecule has 1 fully saturated rings. The van der Waals surface area contributed by atoms with E-state index in [1.165, 1.54) is 0 Å². The van der Waals surface area contributed by atoms with E-state index in [1.807, 2.05) is 13.8 Å². The Bertz CT molecular complexity index is 505. The number of benzene rings is 1. The zero-order valence-corrected chi connectivity index (χ0v) is 12.2. The monoisotopic (exact) mass is 292 g/mol. The van der Waals surface area contributed by atoms with Gasteiger partial charge >= 0.3 is 5.97 Å². The minimum absolute atomic E-state index is 0.00880. The van der Waals surface area contributed by atoms with Gasteiger partial charge in [-0.25, -0.2) is 4.79 Å². The van der Waals surface area contributed by atoms with Crippen molar-refractivity contribution in [2.24, 2.45) is 0 Å². The molecule has 1 amide bonds. The van der Waals surface area contributed by atoms with Gasteiger partial charge in [0.25, 0.3) is 5.91 Å². The predicted octanol–water partition coefficient (Wildman–Crippen LogP) is 1.06. The van der Waals surface area contributed by atoms with Crippen molar-refractivity contribution in [1.82, 2.24) is 4.90 Å². The molecule has 1 aliphatic heterocycles. The minimum atomic E-state index is -0.530. The Morgan fingerprint density at radius 3 is 2.38 bits per heavy atom. The number of hydrogen-bond acceptors (Lipinski definition) is 5. The standard InChI is InChI=1S/C15H20N2O4/c1-10-7-17(8-11(2)21-10)14(18)9-20-15(19)12-3-5-13(16)6-4-12/h3-6,10-11H,7-9,16H2,1-2H3/t10-,11+. The van der Waals surface area contributed by atoms with Crippen molar-refractivity contribution in [3.63, 3.8) is 0 Å². The second-order valence-electron chi connectivity index (χ2n) is 5.25. The van der Waals surface area contributed by atoms with E-state index in [1.54, 1.807) is 29.2 Å². The highest BCUT2D eigenvalue weighted by Gasteiger charge is 2.26. The highest BCUT2D eigenvalue weighted by molar-refractivity contribution is 5.91. The molecule has 0 bridgehead atoms. The van der Waals surface area contributed by atoms with Crippen LogP contribution in [-0.2, 0) is 14.3 Å². The van der Waals surface area contributed by atoms with E-state index >= 15 is 0 Å². The predicted molar refractivity (Wildman–Crippen MR) is 77.7 cm³/mol. The molecule has 1 aliphatic rings. The normalized spacial score (nSPS) is 21.9. The van der Waals surface area contributed by atoms with E-state index in [4.69, 9.17) is 15.2 Å². The maximum absolute atomic E-state index is 12.1. The number of nitrogens with two attached hydrogens (primary N) is 1. The second-order valence-corrected chi connectivity index (χ2v) is 5.25. The van der Waals surface area contributed by atoms with Gasteiger partial charge in [-0.1, -0.05) is 0 Å². The summed E-state index contributed by atoms with van der Waals surface area (Å²) in [5.41, 5.74) is 6.49. The lowest BCUT2D eigenvalue weighted by atomic mass is 10.2. The highest BCUT2D eigenvalue weighted by Crippen LogP contribution is 2.11. The van der Waals surface area contributed by atoms with E-state index < -0.39 is 5.97 Å². The van der Waals surface area contributed by atoms with E-state index in [9.17, 15) is 9.59 Å². The number of hydrogen-bond donors (Lipinski definition) is 1. The summed E-state index contributed by atoms with van der Waals surface area (Å²) in [4.78, 5) is 25.5. The van der Waals surface area contributed by atoms with Gasteiger partial charge in [0.2, 0.25) is 0 Å². The van der Waals surface area contributed by atoms with Crippen LogP contribution in [-0.4, -0.2) is 48.7 Å². The molecule has 0 saturated carbocycles. The van der Waals surface area contributed by atoms with Crippen LogP contribution in [0.5, 0.6) is 0 Å². The van der Waals surface area contributed by atoms with Crippen LogP contribution in [0.1, 0.15) is 24.2 Å². The van der Waals surface area contributed by atoms with E-state index in [2.05, 4.69) is 0 Å². The summed E-state index contributed by atoms with van der Waals surface area (Å²) in [5, 5.41) is 0. The Labute approximate surface area is 123 Å². The van der Waals surface area contributed by atoms with Gasteiger partial charge in [0.05, 0.1) is 17.8 Å². The number of morpholine rings is 1. The molecule has 1 heterocycles. The van der Waals surface area contributed by atoms with Crippen molar-refractivity contribution >= 4 is 17.6 Å². The Morgan fingerprint density at radius 2 is 1.81 bits per heavy atom. The molecule has 2 N–H and O–H groups in total. The third-order valence-electron chi connectivity index (χ3n) is 3.25. The molecule has 2 atom stereocenters. The van der Waals surface area contributed by atoms with Crippen molar-refractivity contribution in [1.29, 1.82) is 0 Å². The molecule has 0 spiro atoms. The van der Waals surface area contributed by atoms with Crippen LogP contribution in [0.2, 0.25) is 0 Å². The second kappa shape index (κ2) is 6.58. The fraction of sp³-hybridized carbons (Fsp3) is 0.467. The molecule has 6 nitrogen and oxygen atoms in total. The van der Waals surface area contributed by atoms with Crippen LogP contribution in [0.25, 0.3) is 0 Å². The van der Waals surface area contributed by atoms with Crippen LogP contribution in [0.15, 0.2) is 24.3 Å². The molecule has 1 saturated heterocycles. The Balaban J connectivity index is 1.86. The fourth-order valence-electron chi connectivity index (χ4n) is 2.30. The van der Waals surface area contributed by atoms with Gasteiger partial charge in [0, 0.05) is 18.8 Å². The van der Waals surface area contributed by atoms with Gasteiger partial charge in [-0.15, -0.1) is 0 Å². The number of carbonyl (C=O) groups excluding carboxylic acids is 2. The van der Waals surface area contributed by atoms with Crippen LogP contribution in [0, 0.1) is 0 Å². The van der Waals surface area contributed by atoms with Gasteiger partial charge in [-0.05, 0) is 38.1 Å². The van der Waals surface area contributed by atoms with Crippen molar-refractivity contribution in [2.45, 2.75) is 26.1 Å². The molecular weight excluding hydrogens is 272 g/mol. The lowest BCUT2D eigenvalue weighted by Gasteiger charge is -2.35. The lowest BCUT2D eigenvalue weighted by molar-refractivity contribution is -0.146. The zero-order valence-electron chi connectivity index (χ0n) is 12.2. The largest absolute Gasteiger partial charge is 0.452 e. The zero-order chi connectivity index (χ0) is 15.4. The first kappa shape index (κ1) is 15.3. The summed E-state index contributed by atoms with van der Waals surface area (Å²) < 4.78 is 10.6. The number of nitrogens with zero attached hydrogens (tertiary/aromatic N) is 1. The van der Waals surface area contributed by atoms with Crippen molar-refractivity contribution in [3.05, 3.63) is 29.8 Å². The van der Waals surface area contributed by atoms with Crippen molar-refractivity contribution in [3.8, 4) is 0 Å². The topological polar surface area (TPSA) is 81.9 Å². The first-order chi connectivity index (χ1) is 9.95. The fourth-order valence-corrected chi connectivity index (χ4v) is 2.30. The molecule has 1 aromatic rings. The first-order valence-corrected chi connectivity index (χ1v) is 6.91.